The summed E-state index contributed by atoms with van der Waals surface area (Å²) < 4.78 is 13.2. The topological polar surface area (TPSA) is 43.1 Å². The molecule has 0 fully saturated rings. The third-order valence-electron chi connectivity index (χ3n) is 1.81. The standard InChI is InChI=1S/C8H6Br2FNO2/c9-3-5-6(4-10)8(12(13)14)2-1-7(5)11/h1-2H,3-4H2. The summed E-state index contributed by atoms with van der Waals surface area (Å²) in [6.07, 6.45) is 0. The van der Waals surface area contributed by atoms with Crippen molar-refractivity contribution in [3.63, 3.8) is 0 Å². The van der Waals surface area contributed by atoms with E-state index >= 15 is 0 Å². The van der Waals surface area contributed by atoms with Crippen molar-refractivity contribution in [1.82, 2.24) is 0 Å². The third kappa shape index (κ3) is 2.12. The van der Waals surface area contributed by atoms with Gasteiger partial charge in [-0.15, -0.1) is 0 Å². The van der Waals surface area contributed by atoms with Gasteiger partial charge in [0.2, 0.25) is 0 Å². The molecule has 0 aliphatic carbocycles. The molecule has 0 N–H and O–H groups in total. The molecule has 14 heavy (non-hydrogen) atoms. The number of nitro groups is 1. The van der Waals surface area contributed by atoms with Gasteiger partial charge in [-0.2, -0.15) is 0 Å². The maximum absolute atomic E-state index is 13.2. The molecule has 0 bridgehead atoms. The Hall–Kier alpha value is -0.490. The molecule has 0 aromatic heterocycles. The third-order valence-corrected chi connectivity index (χ3v) is 2.93. The zero-order chi connectivity index (χ0) is 10.7. The van der Waals surface area contributed by atoms with Crippen molar-refractivity contribution in [2.45, 2.75) is 10.7 Å². The van der Waals surface area contributed by atoms with Crippen LogP contribution in [0.2, 0.25) is 0 Å². The van der Waals surface area contributed by atoms with Crippen molar-refractivity contribution in [3.8, 4) is 0 Å². The number of nitrogens with zero attached hydrogens (tertiary/aromatic N) is 1. The van der Waals surface area contributed by atoms with Crippen molar-refractivity contribution in [2.75, 3.05) is 0 Å². The van der Waals surface area contributed by atoms with Crippen molar-refractivity contribution < 1.29 is 9.31 Å². The lowest BCUT2D eigenvalue weighted by Crippen LogP contribution is -2.00. The highest BCUT2D eigenvalue weighted by Gasteiger charge is 2.18. The van der Waals surface area contributed by atoms with Crippen LogP contribution in [0.25, 0.3) is 0 Å². The van der Waals surface area contributed by atoms with Crippen LogP contribution in [0.15, 0.2) is 12.1 Å². The lowest BCUT2D eigenvalue weighted by Gasteiger charge is -2.05. The van der Waals surface area contributed by atoms with Crippen LogP contribution in [0.1, 0.15) is 11.1 Å². The van der Waals surface area contributed by atoms with Crippen LogP contribution in [0.5, 0.6) is 0 Å². The summed E-state index contributed by atoms with van der Waals surface area (Å²) in [5.74, 6) is -0.429. The van der Waals surface area contributed by atoms with Gasteiger partial charge in [-0.1, -0.05) is 31.9 Å². The summed E-state index contributed by atoms with van der Waals surface area (Å²) in [6.45, 7) is 0. The quantitative estimate of drug-likeness (QED) is 0.484. The number of benzene rings is 1. The van der Waals surface area contributed by atoms with Crippen LogP contribution in [-0.4, -0.2) is 4.92 Å². The molecule has 0 amide bonds. The van der Waals surface area contributed by atoms with Crippen LogP contribution < -0.4 is 0 Å². The van der Waals surface area contributed by atoms with E-state index in [9.17, 15) is 14.5 Å². The minimum Gasteiger partial charge on any atom is -0.258 e. The second-order valence-electron chi connectivity index (χ2n) is 2.55. The van der Waals surface area contributed by atoms with Gasteiger partial charge in [0.05, 0.1) is 4.92 Å². The van der Waals surface area contributed by atoms with Crippen molar-refractivity contribution in [2.24, 2.45) is 0 Å². The van der Waals surface area contributed by atoms with Gasteiger partial charge in [-0.25, -0.2) is 4.39 Å². The van der Waals surface area contributed by atoms with Gasteiger partial charge >= 0.3 is 0 Å². The number of halogens is 3. The van der Waals surface area contributed by atoms with Crippen LogP contribution in [-0.2, 0) is 10.7 Å². The van der Waals surface area contributed by atoms with E-state index in [-0.39, 0.29) is 16.3 Å². The van der Waals surface area contributed by atoms with Gasteiger partial charge < -0.3 is 0 Å². The Morgan fingerprint density at radius 3 is 2.29 bits per heavy atom. The Morgan fingerprint density at radius 1 is 1.29 bits per heavy atom. The van der Waals surface area contributed by atoms with E-state index in [0.29, 0.717) is 11.1 Å². The summed E-state index contributed by atoms with van der Waals surface area (Å²) in [5, 5.41) is 11.1. The van der Waals surface area contributed by atoms with Crippen molar-refractivity contribution in [3.05, 3.63) is 39.2 Å². The SMILES string of the molecule is O=[N+]([O-])c1ccc(F)c(CBr)c1CBr. The summed E-state index contributed by atoms with van der Waals surface area (Å²) in [6, 6.07) is 2.29. The predicted molar refractivity (Wildman–Crippen MR) is 58.3 cm³/mol. The van der Waals surface area contributed by atoms with E-state index in [4.69, 9.17) is 0 Å². The number of hydrogen-bond donors (Lipinski definition) is 0. The maximum Gasteiger partial charge on any atom is 0.273 e. The molecule has 1 aromatic carbocycles. The minimum atomic E-state index is -0.512. The minimum absolute atomic E-state index is 0.0577. The van der Waals surface area contributed by atoms with Crippen molar-refractivity contribution >= 4 is 37.5 Å². The second-order valence-corrected chi connectivity index (χ2v) is 3.67. The number of hydrogen-bond acceptors (Lipinski definition) is 2. The number of alkyl halides is 2. The van der Waals surface area contributed by atoms with Crippen LogP contribution in [0, 0.1) is 15.9 Å². The molecular weight excluding hydrogens is 321 g/mol. The first-order valence-corrected chi connectivity index (χ1v) is 5.92. The van der Waals surface area contributed by atoms with Crippen LogP contribution >= 0.6 is 31.9 Å². The Morgan fingerprint density at radius 2 is 1.86 bits per heavy atom. The molecule has 6 heteroatoms. The number of rotatable bonds is 3. The lowest BCUT2D eigenvalue weighted by atomic mass is 10.1. The average Bonchev–Trinajstić information content (AvgIpc) is 2.16. The van der Waals surface area contributed by atoms with Gasteiger partial charge in [0, 0.05) is 27.9 Å². The van der Waals surface area contributed by atoms with Crippen molar-refractivity contribution in [1.29, 1.82) is 0 Å². The molecule has 0 heterocycles. The van der Waals surface area contributed by atoms with Gasteiger partial charge in [0.25, 0.3) is 5.69 Å². The Bertz CT molecular complexity index is 371. The Kier molecular flexibility index (Phi) is 4.00. The van der Waals surface area contributed by atoms with E-state index in [1.54, 1.807) is 0 Å². The normalized spacial score (nSPS) is 10.2. The molecule has 0 aliphatic rings. The zero-order valence-electron chi connectivity index (χ0n) is 6.97. The number of nitro benzene ring substituents is 1. The molecular formula is C8H6Br2FNO2. The maximum atomic E-state index is 13.2. The molecule has 0 spiro atoms. The van der Waals surface area contributed by atoms with E-state index in [2.05, 4.69) is 31.9 Å². The molecule has 3 nitrogen and oxygen atoms in total. The molecule has 0 aliphatic heterocycles. The first-order valence-electron chi connectivity index (χ1n) is 3.68. The first kappa shape index (κ1) is 11.6. The zero-order valence-corrected chi connectivity index (χ0v) is 10.1. The smallest absolute Gasteiger partial charge is 0.258 e. The fraction of sp³-hybridized carbons (Fsp3) is 0.250. The summed E-state index contributed by atoms with van der Waals surface area (Å²) in [5.41, 5.74) is 0.653. The van der Waals surface area contributed by atoms with E-state index in [0.717, 1.165) is 6.07 Å². The van der Waals surface area contributed by atoms with E-state index in [1.807, 2.05) is 0 Å². The molecule has 0 saturated heterocycles. The molecule has 0 saturated carbocycles. The van der Waals surface area contributed by atoms with Crippen LogP contribution in [0.3, 0.4) is 0 Å². The Labute approximate surface area is 96.7 Å². The highest BCUT2D eigenvalue weighted by molar-refractivity contribution is 9.09. The monoisotopic (exact) mass is 325 g/mol. The Balaban J connectivity index is 3.40. The van der Waals surface area contributed by atoms with Crippen LogP contribution in [0.4, 0.5) is 10.1 Å². The summed E-state index contributed by atoms with van der Waals surface area (Å²) in [7, 11) is 0. The van der Waals surface area contributed by atoms with E-state index < -0.39 is 10.7 Å². The van der Waals surface area contributed by atoms with Gasteiger partial charge in [0.15, 0.2) is 0 Å². The van der Waals surface area contributed by atoms with Gasteiger partial charge in [-0.05, 0) is 6.07 Å². The summed E-state index contributed by atoms with van der Waals surface area (Å²) >= 11 is 6.21. The predicted octanol–water partition coefficient (Wildman–Crippen LogP) is 3.52. The largest absolute Gasteiger partial charge is 0.273 e. The fourth-order valence-electron chi connectivity index (χ4n) is 1.12. The lowest BCUT2D eigenvalue weighted by molar-refractivity contribution is -0.385. The summed E-state index contributed by atoms with van der Waals surface area (Å²) in [4.78, 5) is 10.1. The fourth-order valence-corrected chi connectivity index (χ4v) is 2.35. The highest BCUT2D eigenvalue weighted by Crippen LogP contribution is 2.28. The first-order chi connectivity index (χ1) is 6.61. The molecule has 1 rings (SSSR count). The van der Waals surface area contributed by atoms with Gasteiger partial charge in [-0.3, -0.25) is 10.1 Å². The molecule has 0 atom stereocenters. The molecule has 76 valence electrons. The second kappa shape index (κ2) is 4.84. The van der Waals surface area contributed by atoms with Gasteiger partial charge in [0.1, 0.15) is 5.82 Å². The molecule has 0 radical (unpaired) electrons. The molecule has 1 aromatic rings. The average molecular weight is 327 g/mol. The molecule has 0 unspecified atom stereocenters. The highest BCUT2D eigenvalue weighted by atomic mass is 79.9. The van der Waals surface area contributed by atoms with E-state index in [1.165, 1.54) is 6.07 Å².